The van der Waals surface area contributed by atoms with Crippen LogP contribution in [-0.4, -0.2) is 120 Å². The molecule has 1 aromatic heterocycles. The number of aliphatic imine (C=N–C) groups is 2. The predicted molar refractivity (Wildman–Crippen MR) is 285 cm³/mol. The third kappa shape index (κ3) is 9.00. The Labute approximate surface area is 441 Å². The van der Waals surface area contributed by atoms with Crippen molar-refractivity contribution in [2.75, 3.05) is 27.4 Å². The summed E-state index contributed by atoms with van der Waals surface area (Å²) in [5, 5.41) is 6.55. The number of amides is 4. The van der Waals surface area contributed by atoms with Crippen LogP contribution in [0.2, 0.25) is 0 Å². The fraction of sp³-hybridized carbons (Fsp3) is 0.492. The zero-order valence-electron chi connectivity index (χ0n) is 44.0. The van der Waals surface area contributed by atoms with E-state index in [1.807, 2.05) is 55.8 Å². The van der Waals surface area contributed by atoms with Crippen LogP contribution in [-0.2, 0) is 30.2 Å². The Bertz CT molecular complexity index is 3170. The molecular formula is C59H66FN7O9. The number of likely N-dealkylation sites (tertiary alicyclic amines) is 2. The average Bonchev–Trinajstić information content (AvgIpc) is 4.20. The Morgan fingerprint density at radius 3 is 2.28 bits per heavy atom. The van der Waals surface area contributed by atoms with E-state index in [0.717, 1.165) is 94.4 Å². The van der Waals surface area contributed by atoms with Crippen molar-refractivity contribution in [3.63, 3.8) is 0 Å². The van der Waals surface area contributed by atoms with E-state index >= 15 is 4.39 Å². The number of halogens is 1. The van der Waals surface area contributed by atoms with Gasteiger partial charge in [-0.25, -0.2) is 14.0 Å². The van der Waals surface area contributed by atoms with Crippen molar-refractivity contribution in [2.24, 2.45) is 27.7 Å². The van der Waals surface area contributed by atoms with Crippen LogP contribution in [0.25, 0.3) is 33.3 Å². The molecule has 12 rings (SSSR count). The second-order valence-corrected chi connectivity index (χ2v) is 22.4. The van der Waals surface area contributed by atoms with Crippen LogP contribution in [0.15, 0.2) is 77.0 Å². The summed E-state index contributed by atoms with van der Waals surface area (Å²) in [5.74, 6) is 0.680. The molecule has 1 aliphatic carbocycles. The maximum atomic E-state index is 17.2. The molecule has 0 radical (unpaired) electrons. The molecule has 76 heavy (non-hydrogen) atoms. The molecule has 16 nitrogen and oxygen atoms in total. The quantitative estimate of drug-likeness (QED) is 0.148. The summed E-state index contributed by atoms with van der Waals surface area (Å²) in [6, 6.07) is 16.2. The van der Waals surface area contributed by atoms with Crippen LogP contribution in [0.1, 0.15) is 114 Å². The molecule has 8 heterocycles. The van der Waals surface area contributed by atoms with Gasteiger partial charge >= 0.3 is 12.2 Å². The molecule has 398 valence electrons. The summed E-state index contributed by atoms with van der Waals surface area (Å²) in [6.45, 7) is 8.98. The van der Waals surface area contributed by atoms with E-state index in [1.54, 1.807) is 12.3 Å². The van der Waals surface area contributed by atoms with Gasteiger partial charge in [0.2, 0.25) is 18.0 Å². The van der Waals surface area contributed by atoms with Gasteiger partial charge in [-0.2, -0.15) is 0 Å². The summed E-state index contributed by atoms with van der Waals surface area (Å²) in [6.07, 6.45) is 9.16. The molecule has 3 aromatic carbocycles. The van der Waals surface area contributed by atoms with Crippen LogP contribution in [0, 0.1) is 23.6 Å². The van der Waals surface area contributed by atoms with Crippen molar-refractivity contribution in [3.05, 3.63) is 95.1 Å². The first-order valence-electron chi connectivity index (χ1n) is 27.1. The van der Waals surface area contributed by atoms with E-state index < -0.39 is 36.3 Å². The number of methoxy groups -OCH3 is 2. The number of hydrogen-bond donors (Lipinski definition) is 2. The number of fused-ring (bicyclic) bond motifs is 7. The number of benzene rings is 3. The number of carbonyl (C=O) groups excluding carboxylic acids is 4. The van der Waals surface area contributed by atoms with Gasteiger partial charge < -0.3 is 48.7 Å². The van der Waals surface area contributed by atoms with Gasteiger partial charge in [0.1, 0.15) is 29.4 Å². The lowest BCUT2D eigenvalue weighted by molar-refractivity contribution is -0.138. The third-order valence-electron chi connectivity index (χ3n) is 17.1. The highest BCUT2D eigenvalue weighted by atomic mass is 19.1. The third-order valence-corrected chi connectivity index (χ3v) is 17.1. The Kier molecular flexibility index (Phi) is 13.0. The monoisotopic (exact) mass is 1040 g/mol. The Morgan fingerprint density at radius 2 is 1.53 bits per heavy atom. The van der Waals surface area contributed by atoms with Crippen molar-refractivity contribution < 1.29 is 47.3 Å². The van der Waals surface area contributed by atoms with Crippen molar-refractivity contribution in [3.8, 4) is 22.8 Å². The van der Waals surface area contributed by atoms with Crippen LogP contribution in [0.3, 0.4) is 0 Å². The highest BCUT2D eigenvalue weighted by molar-refractivity contribution is 6.06. The second-order valence-electron chi connectivity index (χ2n) is 22.4. The molecule has 4 amide bonds. The first-order chi connectivity index (χ1) is 36.7. The molecule has 17 heteroatoms. The van der Waals surface area contributed by atoms with Crippen molar-refractivity contribution in [2.45, 2.75) is 141 Å². The van der Waals surface area contributed by atoms with Gasteiger partial charge in [0.15, 0.2) is 0 Å². The maximum Gasteiger partial charge on any atom is 0.407 e. The number of hydrogen-bond acceptors (Lipinski definition) is 11. The number of nitrogens with one attached hydrogen (secondary N) is 2. The fourth-order valence-electron chi connectivity index (χ4n) is 13.3. The number of aryl methyl sites for hydroxylation is 1. The highest BCUT2D eigenvalue weighted by Crippen LogP contribution is 2.51. The minimum absolute atomic E-state index is 0.0384. The average molecular weight is 1040 g/mol. The van der Waals surface area contributed by atoms with Crippen LogP contribution in [0.4, 0.5) is 14.0 Å². The highest BCUT2D eigenvalue weighted by Gasteiger charge is 2.57. The number of allylic oxidation sites excluding steroid dienone is 2. The van der Waals surface area contributed by atoms with Gasteiger partial charge in [-0.3, -0.25) is 19.6 Å². The van der Waals surface area contributed by atoms with Crippen molar-refractivity contribution >= 4 is 57.5 Å². The lowest BCUT2D eigenvalue weighted by Crippen LogP contribution is -2.57. The molecule has 2 N–H and O–H groups in total. The van der Waals surface area contributed by atoms with Gasteiger partial charge in [0, 0.05) is 60.2 Å². The van der Waals surface area contributed by atoms with E-state index in [0.29, 0.717) is 67.3 Å². The Hall–Kier alpha value is -7.01. The summed E-state index contributed by atoms with van der Waals surface area (Å²) in [5.41, 5.74) is 9.14. The Balaban J connectivity index is 0.819. The predicted octanol–water partition coefficient (Wildman–Crippen LogP) is 9.37. The first kappa shape index (κ1) is 49.8. The van der Waals surface area contributed by atoms with Crippen LogP contribution < -0.4 is 20.1 Å². The van der Waals surface area contributed by atoms with Crippen molar-refractivity contribution in [1.82, 2.24) is 25.0 Å². The normalized spacial score (nSPS) is 26.9. The molecule has 8 aliphatic rings. The van der Waals surface area contributed by atoms with E-state index in [9.17, 15) is 19.2 Å². The van der Waals surface area contributed by atoms with E-state index in [2.05, 4.69) is 51.6 Å². The fourth-order valence-corrected chi connectivity index (χ4v) is 13.3. The van der Waals surface area contributed by atoms with Gasteiger partial charge in [0.05, 0.1) is 61.9 Å². The molecule has 3 unspecified atom stereocenters. The Morgan fingerprint density at radius 1 is 0.789 bits per heavy atom. The largest absolute Gasteiger partial charge is 0.493 e. The molecule has 4 aromatic rings. The number of piperidine rings is 1. The zero-order valence-corrected chi connectivity index (χ0v) is 44.0. The number of nitrogens with zero attached hydrogens (tertiary/aromatic N) is 5. The molecule has 3 saturated heterocycles. The number of alkyl carbamates (subject to hydrolysis) is 2. The van der Waals surface area contributed by atoms with Gasteiger partial charge in [-0.05, 0) is 147 Å². The standard InChI is InChI=1S/C59H66FN7O9/c1-30(2)53(63-58(70)72-5)55(68)65-15-7-10-46(65)43-22-41(29-61-43)36-20-42(60)52-49-25-37-19-34(13-14-45(37)67(49)57(76-51(52)27-36)35-12-11-33-9-8-16-74-50(33)26-35)40-21-44(62-28-40)48-24-38-23-47(38)66(48)56(69)54(64-59(71)73-6)39-17-31(3)75-32(4)18-39/h11-14,19-20,25-32,38-39,46-48,53-54,57H,7-10,15-18,21-24H2,1-6H3,(H,63,70)(H,64,71)/t31-,32+,38-,39?,46+,47-,48+,53+,54?,57?/m1/s1. The van der Waals surface area contributed by atoms with Crippen LogP contribution in [0.5, 0.6) is 11.5 Å². The molecule has 1 saturated carbocycles. The molecule has 7 aliphatic heterocycles. The molecule has 0 spiro atoms. The topological polar surface area (TPSA) is 175 Å². The lowest BCUT2D eigenvalue weighted by atomic mass is 9.85. The second kappa shape index (κ2) is 19.8. The van der Waals surface area contributed by atoms with Gasteiger partial charge in [-0.1, -0.05) is 32.0 Å². The van der Waals surface area contributed by atoms with E-state index in [-0.39, 0.29) is 54.0 Å². The number of aromatic nitrogens is 1. The van der Waals surface area contributed by atoms with Gasteiger partial charge in [-0.15, -0.1) is 0 Å². The van der Waals surface area contributed by atoms with E-state index in [1.165, 1.54) is 14.2 Å². The summed E-state index contributed by atoms with van der Waals surface area (Å²) in [4.78, 5) is 67.2. The SMILES string of the molecule is COC(=O)NC(C(=O)N1[C@@H]2C[C@@H]2C[C@H]1C1=NC=C(c2ccc3c(c2)cc2n3C(c3ccc4c(c3)OCCC4)Oc3cc(C4=CN=C([C@@H]5CCCN5C(=O)[C@@H](NC(=O)OC)C(C)C)C4)cc(F)c3-2)C1)C1C[C@@H](C)O[C@@H](C)C1. The first-order valence-corrected chi connectivity index (χ1v) is 27.1. The smallest absolute Gasteiger partial charge is 0.407 e. The van der Waals surface area contributed by atoms with E-state index in [4.69, 9.17) is 33.7 Å². The summed E-state index contributed by atoms with van der Waals surface area (Å²) in [7, 11) is 2.60. The summed E-state index contributed by atoms with van der Waals surface area (Å²) >= 11 is 0. The maximum absolute atomic E-state index is 17.2. The molecule has 4 fully saturated rings. The van der Waals surface area contributed by atoms with Crippen molar-refractivity contribution in [1.29, 1.82) is 0 Å². The molecule has 0 bridgehead atoms. The lowest BCUT2D eigenvalue weighted by Gasteiger charge is -2.39. The zero-order chi connectivity index (χ0) is 52.7. The molecule has 10 atom stereocenters. The van der Waals surface area contributed by atoms with Gasteiger partial charge in [0.25, 0.3) is 0 Å². The minimum atomic E-state index is -0.751. The minimum Gasteiger partial charge on any atom is -0.493 e. The number of rotatable bonds is 11. The number of carbonyl (C=O) groups is 4. The number of ether oxygens (including phenoxy) is 5. The summed E-state index contributed by atoms with van der Waals surface area (Å²) < 4.78 is 48.3. The molecular weight excluding hydrogens is 970 g/mol. The van der Waals surface area contributed by atoms with Crippen LogP contribution >= 0.6 is 0 Å².